The molecule has 2 aliphatic rings. The SMILES string of the molecule is CC[C@H]1CN(c2nc(N)c(C(=O)NCCO)nc2Cl)CCN1C1CCN(Cc2ccc(OC(F)(F)F)cc2)CC1. The van der Waals surface area contributed by atoms with E-state index in [4.69, 9.17) is 22.4 Å². The van der Waals surface area contributed by atoms with E-state index in [0.29, 0.717) is 31.5 Å². The Morgan fingerprint density at radius 3 is 2.50 bits per heavy atom. The summed E-state index contributed by atoms with van der Waals surface area (Å²) in [6, 6.07) is 6.76. The minimum Gasteiger partial charge on any atom is -0.406 e. The number of piperazine rings is 1. The van der Waals surface area contributed by atoms with Crippen molar-refractivity contribution in [1.82, 2.24) is 25.1 Å². The molecule has 0 saturated carbocycles. The Labute approximate surface area is 236 Å². The first kappa shape index (κ1) is 30.1. The first-order valence-corrected chi connectivity index (χ1v) is 13.8. The van der Waals surface area contributed by atoms with E-state index < -0.39 is 12.3 Å². The van der Waals surface area contributed by atoms with Gasteiger partial charge in [0.05, 0.1) is 6.61 Å². The number of halogens is 4. The van der Waals surface area contributed by atoms with E-state index in [1.165, 1.54) is 12.1 Å². The molecule has 14 heteroatoms. The summed E-state index contributed by atoms with van der Waals surface area (Å²) >= 11 is 6.43. The molecule has 2 aromatic rings. The van der Waals surface area contributed by atoms with Gasteiger partial charge in [-0.05, 0) is 50.0 Å². The Kier molecular flexibility index (Phi) is 9.93. The topological polar surface area (TPSA) is 120 Å². The number of carbonyl (C=O) groups excluding carboxylic acids is 1. The zero-order valence-electron chi connectivity index (χ0n) is 22.3. The molecule has 0 spiro atoms. The van der Waals surface area contributed by atoms with E-state index in [-0.39, 0.29) is 41.6 Å². The Morgan fingerprint density at radius 2 is 1.88 bits per heavy atom. The van der Waals surface area contributed by atoms with Crippen LogP contribution in [-0.2, 0) is 6.54 Å². The van der Waals surface area contributed by atoms with Gasteiger partial charge in [0.25, 0.3) is 5.91 Å². The van der Waals surface area contributed by atoms with E-state index >= 15 is 0 Å². The maximum absolute atomic E-state index is 12.4. The van der Waals surface area contributed by atoms with Crippen molar-refractivity contribution in [1.29, 1.82) is 0 Å². The Hall–Kier alpha value is -2.87. The van der Waals surface area contributed by atoms with E-state index in [0.717, 1.165) is 44.5 Å². The second-order valence-corrected chi connectivity index (χ2v) is 10.4. The predicted octanol–water partition coefficient (Wildman–Crippen LogP) is 2.90. The number of carbonyl (C=O) groups is 1. The molecule has 0 unspecified atom stereocenters. The molecule has 1 atom stereocenters. The van der Waals surface area contributed by atoms with Gasteiger partial charge in [-0.15, -0.1) is 13.2 Å². The van der Waals surface area contributed by atoms with Crippen LogP contribution in [0.4, 0.5) is 24.8 Å². The Bertz CT molecular complexity index is 1150. The number of likely N-dealkylation sites (tertiary alicyclic amines) is 1. The molecule has 2 saturated heterocycles. The molecule has 1 amide bonds. The number of aromatic nitrogens is 2. The molecular formula is C26H35ClF3N7O3. The lowest BCUT2D eigenvalue weighted by atomic mass is 9.98. The van der Waals surface area contributed by atoms with Crippen molar-refractivity contribution >= 4 is 29.1 Å². The second-order valence-electron chi connectivity index (χ2n) is 10.00. The zero-order chi connectivity index (χ0) is 28.9. The number of aliphatic hydroxyl groups is 1. The lowest BCUT2D eigenvalue weighted by molar-refractivity contribution is -0.274. The zero-order valence-corrected chi connectivity index (χ0v) is 23.1. The van der Waals surface area contributed by atoms with Gasteiger partial charge in [-0.3, -0.25) is 14.6 Å². The smallest absolute Gasteiger partial charge is 0.406 e. The molecule has 10 nitrogen and oxygen atoms in total. The first-order chi connectivity index (χ1) is 19.1. The van der Waals surface area contributed by atoms with E-state index in [2.05, 4.69) is 41.6 Å². The fourth-order valence-corrected chi connectivity index (χ4v) is 5.66. The van der Waals surface area contributed by atoms with Gasteiger partial charge >= 0.3 is 6.36 Å². The first-order valence-electron chi connectivity index (χ1n) is 13.4. The average Bonchev–Trinajstić information content (AvgIpc) is 2.93. The molecular weight excluding hydrogens is 551 g/mol. The van der Waals surface area contributed by atoms with Gasteiger partial charge < -0.3 is 25.8 Å². The maximum atomic E-state index is 12.4. The van der Waals surface area contributed by atoms with Crippen LogP contribution in [0.15, 0.2) is 24.3 Å². The number of amides is 1. The number of hydrogen-bond donors (Lipinski definition) is 3. The van der Waals surface area contributed by atoms with Crippen LogP contribution in [0.5, 0.6) is 5.75 Å². The number of nitrogens with one attached hydrogen (secondary N) is 1. The second kappa shape index (κ2) is 13.2. The van der Waals surface area contributed by atoms with Crippen LogP contribution in [0.3, 0.4) is 0 Å². The molecule has 2 fully saturated rings. The van der Waals surface area contributed by atoms with Crippen molar-refractivity contribution in [3.8, 4) is 5.75 Å². The van der Waals surface area contributed by atoms with Crippen molar-refractivity contribution in [2.75, 3.05) is 56.5 Å². The molecule has 0 radical (unpaired) electrons. The number of nitrogens with zero attached hydrogens (tertiary/aromatic N) is 5. The molecule has 1 aromatic heterocycles. The summed E-state index contributed by atoms with van der Waals surface area (Å²) in [5, 5.41) is 11.5. The van der Waals surface area contributed by atoms with Gasteiger partial charge in [-0.1, -0.05) is 30.7 Å². The average molecular weight is 586 g/mol. The van der Waals surface area contributed by atoms with Crippen LogP contribution in [0, 0.1) is 0 Å². The lowest BCUT2D eigenvalue weighted by Gasteiger charge is -2.47. The third kappa shape index (κ3) is 7.65. The molecule has 3 heterocycles. The van der Waals surface area contributed by atoms with Gasteiger partial charge in [0.1, 0.15) is 5.75 Å². The Balaban J connectivity index is 1.31. The number of piperidine rings is 1. The molecule has 1 aromatic carbocycles. The number of nitrogen functional groups attached to an aromatic ring is 1. The Morgan fingerprint density at radius 1 is 1.18 bits per heavy atom. The largest absolute Gasteiger partial charge is 0.573 e. The van der Waals surface area contributed by atoms with Crippen molar-refractivity contribution in [2.45, 2.75) is 51.2 Å². The van der Waals surface area contributed by atoms with Crippen molar-refractivity contribution < 1.29 is 27.8 Å². The van der Waals surface area contributed by atoms with Gasteiger partial charge in [-0.2, -0.15) is 0 Å². The fourth-order valence-electron chi connectivity index (χ4n) is 5.41. The van der Waals surface area contributed by atoms with E-state index in [1.807, 2.05) is 0 Å². The number of aliphatic hydroxyl groups excluding tert-OH is 1. The molecule has 40 heavy (non-hydrogen) atoms. The van der Waals surface area contributed by atoms with Crippen molar-refractivity contribution in [3.05, 3.63) is 40.7 Å². The van der Waals surface area contributed by atoms with Crippen LogP contribution in [0.2, 0.25) is 5.15 Å². The highest BCUT2D eigenvalue weighted by molar-refractivity contribution is 6.32. The summed E-state index contributed by atoms with van der Waals surface area (Å²) in [6.45, 7) is 6.71. The third-order valence-corrected chi connectivity index (χ3v) is 7.62. The monoisotopic (exact) mass is 585 g/mol. The van der Waals surface area contributed by atoms with Crippen LogP contribution in [0.1, 0.15) is 42.2 Å². The number of nitrogens with two attached hydrogens (primary N) is 1. The van der Waals surface area contributed by atoms with Crippen LogP contribution in [0.25, 0.3) is 0 Å². The summed E-state index contributed by atoms with van der Waals surface area (Å²) in [7, 11) is 0. The molecule has 4 rings (SSSR count). The van der Waals surface area contributed by atoms with Gasteiger partial charge in [0.15, 0.2) is 22.5 Å². The normalized spacial score (nSPS) is 19.6. The fraction of sp³-hybridized carbons (Fsp3) is 0.577. The maximum Gasteiger partial charge on any atom is 0.573 e. The summed E-state index contributed by atoms with van der Waals surface area (Å²) in [6.07, 6.45) is -1.76. The number of ether oxygens (including phenoxy) is 1. The number of rotatable bonds is 9. The summed E-state index contributed by atoms with van der Waals surface area (Å²) in [4.78, 5) is 27.8. The van der Waals surface area contributed by atoms with Gasteiger partial charge in [0, 0.05) is 44.8 Å². The molecule has 4 N–H and O–H groups in total. The van der Waals surface area contributed by atoms with Gasteiger partial charge in [-0.25, -0.2) is 9.97 Å². The lowest BCUT2D eigenvalue weighted by Crippen LogP contribution is -2.58. The van der Waals surface area contributed by atoms with E-state index in [1.54, 1.807) is 12.1 Å². The summed E-state index contributed by atoms with van der Waals surface area (Å²) in [5.74, 6) is -0.311. The summed E-state index contributed by atoms with van der Waals surface area (Å²) in [5.41, 5.74) is 6.91. The molecule has 220 valence electrons. The molecule has 0 bridgehead atoms. The van der Waals surface area contributed by atoms with Crippen molar-refractivity contribution in [3.63, 3.8) is 0 Å². The summed E-state index contributed by atoms with van der Waals surface area (Å²) < 4.78 is 41.2. The highest BCUT2D eigenvalue weighted by Crippen LogP contribution is 2.30. The predicted molar refractivity (Wildman–Crippen MR) is 145 cm³/mol. The standard InChI is InChI=1S/C26H35ClF3N7O3/c1-2-18-16-36(24-22(27)33-21(23(31)34-24)25(39)32-9-14-38)12-13-37(18)19-7-10-35(11-8-19)15-17-3-5-20(6-4-17)40-26(28,29)30/h3-6,18-19,38H,2,7-16H2,1H3,(H2,31,34)(H,32,39)/t18-/m0/s1. The van der Waals surface area contributed by atoms with Crippen LogP contribution in [-0.4, -0.2) is 95.1 Å². The highest BCUT2D eigenvalue weighted by Gasteiger charge is 2.35. The van der Waals surface area contributed by atoms with E-state index in [9.17, 15) is 18.0 Å². The third-order valence-electron chi connectivity index (χ3n) is 7.36. The van der Waals surface area contributed by atoms with Crippen LogP contribution < -0.4 is 20.7 Å². The number of hydrogen-bond acceptors (Lipinski definition) is 9. The number of alkyl halides is 3. The quantitative estimate of drug-likeness (QED) is 0.408. The van der Waals surface area contributed by atoms with Crippen LogP contribution >= 0.6 is 11.6 Å². The minimum absolute atomic E-state index is 0.0137. The minimum atomic E-state index is -4.69. The highest BCUT2D eigenvalue weighted by atomic mass is 35.5. The number of anilines is 2. The van der Waals surface area contributed by atoms with Crippen molar-refractivity contribution in [2.24, 2.45) is 0 Å². The molecule has 2 aliphatic heterocycles. The number of benzene rings is 1. The molecule has 0 aliphatic carbocycles. The van der Waals surface area contributed by atoms with Gasteiger partial charge in [0.2, 0.25) is 0 Å².